The molecule has 0 aliphatic heterocycles. The van der Waals surface area contributed by atoms with Gasteiger partial charge in [0.05, 0.1) is 12.1 Å². The molecule has 0 aliphatic carbocycles. The van der Waals surface area contributed by atoms with E-state index in [9.17, 15) is 4.79 Å². The van der Waals surface area contributed by atoms with Crippen LogP contribution < -0.4 is 5.32 Å². The molecule has 0 fully saturated rings. The Balaban J connectivity index is 2.78. The lowest BCUT2D eigenvalue weighted by atomic mass is 10.1. The quantitative estimate of drug-likeness (QED) is 0.844. The highest BCUT2D eigenvalue weighted by Crippen LogP contribution is 2.12. The maximum atomic E-state index is 11.9. The van der Waals surface area contributed by atoms with Gasteiger partial charge >= 0.3 is 0 Å². The Bertz CT molecular complexity index is 391. The molecule has 2 N–H and O–H groups in total. The van der Waals surface area contributed by atoms with E-state index in [0.717, 1.165) is 11.3 Å². The molecule has 1 aromatic carbocycles. The highest BCUT2D eigenvalue weighted by atomic mass is 32.2. The Hall–Kier alpha value is -1.00. The fourth-order valence-electron chi connectivity index (χ4n) is 1.39. The van der Waals surface area contributed by atoms with E-state index in [2.05, 4.69) is 5.32 Å². The molecule has 17 heavy (non-hydrogen) atoms. The minimum Gasteiger partial charge on any atom is -0.394 e. The van der Waals surface area contributed by atoms with Gasteiger partial charge in [0, 0.05) is 11.3 Å². The Labute approximate surface area is 107 Å². The number of nitrogens with one attached hydrogen (secondary N) is 1. The van der Waals surface area contributed by atoms with E-state index in [-0.39, 0.29) is 12.5 Å². The topological polar surface area (TPSA) is 49.3 Å². The highest BCUT2D eigenvalue weighted by Gasteiger charge is 2.19. The summed E-state index contributed by atoms with van der Waals surface area (Å²) in [6.07, 6.45) is 2.03. The lowest BCUT2D eigenvalue weighted by molar-refractivity contribution is 0.0869. The fourth-order valence-corrected chi connectivity index (χ4v) is 1.90. The van der Waals surface area contributed by atoms with Crippen molar-refractivity contribution in [3.63, 3.8) is 0 Å². The molecular weight excluding hydrogens is 234 g/mol. The Morgan fingerprint density at radius 2 is 2.18 bits per heavy atom. The maximum absolute atomic E-state index is 11.9. The second kappa shape index (κ2) is 6.07. The van der Waals surface area contributed by atoms with Crippen LogP contribution in [0.4, 0.5) is 0 Å². The number of carbonyl (C=O) groups is 1. The molecule has 0 heterocycles. The van der Waals surface area contributed by atoms with Crippen molar-refractivity contribution >= 4 is 17.7 Å². The number of carbonyl (C=O) groups excluding carboxylic acids is 1. The summed E-state index contributed by atoms with van der Waals surface area (Å²) in [6.45, 7) is 3.50. The molecule has 0 aromatic heterocycles. The molecular formula is C13H19NO2S. The minimum atomic E-state index is -0.591. The first-order chi connectivity index (χ1) is 7.98. The van der Waals surface area contributed by atoms with Gasteiger partial charge in [0.15, 0.2) is 0 Å². The molecule has 1 aromatic rings. The fraction of sp³-hybridized carbons (Fsp3) is 0.462. The van der Waals surface area contributed by atoms with Crippen molar-refractivity contribution in [1.82, 2.24) is 5.32 Å². The molecule has 0 atom stereocenters. The molecule has 1 amide bonds. The van der Waals surface area contributed by atoms with Crippen LogP contribution in [0, 0.1) is 0 Å². The van der Waals surface area contributed by atoms with Crippen molar-refractivity contribution in [3.05, 3.63) is 35.4 Å². The van der Waals surface area contributed by atoms with Crippen molar-refractivity contribution < 1.29 is 9.90 Å². The standard InChI is InChI=1S/C13H19NO2S/c1-13(2,9-15)14-12(16)11-6-4-5-10(7-11)8-17-3/h4-7,15H,8-9H2,1-3H3,(H,14,16). The summed E-state index contributed by atoms with van der Waals surface area (Å²) in [5, 5.41) is 11.9. The molecule has 4 heteroatoms. The molecule has 0 radical (unpaired) electrons. The minimum absolute atomic E-state index is 0.0801. The number of amides is 1. The van der Waals surface area contributed by atoms with E-state index < -0.39 is 5.54 Å². The van der Waals surface area contributed by atoms with E-state index in [4.69, 9.17) is 5.11 Å². The summed E-state index contributed by atoms with van der Waals surface area (Å²) in [6, 6.07) is 7.56. The first kappa shape index (κ1) is 14.1. The predicted molar refractivity (Wildman–Crippen MR) is 72.3 cm³/mol. The van der Waals surface area contributed by atoms with Gasteiger partial charge in [-0.1, -0.05) is 12.1 Å². The van der Waals surface area contributed by atoms with Gasteiger partial charge in [-0.3, -0.25) is 4.79 Å². The highest BCUT2D eigenvalue weighted by molar-refractivity contribution is 7.97. The third-order valence-electron chi connectivity index (χ3n) is 2.35. The molecule has 0 aliphatic rings. The van der Waals surface area contributed by atoms with Crippen LogP contribution >= 0.6 is 11.8 Å². The summed E-state index contributed by atoms with van der Waals surface area (Å²) in [4.78, 5) is 11.9. The molecule has 94 valence electrons. The molecule has 0 bridgehead atoms. The Morgan fingerprint density at radius 1 is 1.47 bits per heavy atom. The predicted octanol–water partition coefficient (Wildman–Crippen LogP) is 2.05. The Morgan fingerprint density at radius 3 is 2.76 bits per heavy atom. The van der Waals surface area contributed by atoms with E-state index in [1.807, 2.05) is 24.5 Å². The summed E-state index contributed by atoms with van der Waals surface area (Å²) >= 11 is 1.72. The van der Waals surface area contributed by atoms with Crippen LogP contribution in [0.1, 0.15) is 29.8 Å². The summed E-state index contributed by atoms with van der Waals surface area (Å²) in [5.74, 6) is 0.747. The van der Waals surface area contributed by atoms with Gasteiger partial charge in [-0.05, 0) is 37.8 Å². The second-order valence-corrected chi connectivity index (χ2v) is 5.50. The van der Waals surface area contributed by atoms with Crippen molar-refractivity contribution in [1.29, 1.82) is 0 Å². The second-order valence-electron chi connectivity index (χ2n) is 4.63. The normalized spacial score (nSPS) is 11.3. The van der Waals surface area contributed by atoms with E-state index in [0.29, 0.717) is 5.56 Å². The number of aliphatic hydroxyl groups is 1. The largest absolute Gasteiger partial charge is 0.394 e. The number of hydrogen-bond donors (Lipinski definition) is 2. The van der Waals surface area contributed by atoms with Crippen LogP contribution in [-0.4, -0.2) is 29.4 Å². The van der Waals surface area contributed by atoms with Crippen LogP contribution in [0.15, 0.2) is 24.3 Å². The molecule has 1 rings (SSSR count). The van der Waals surface area contributed by atoms with Gasteiger partial charge in [0.25, 0.3) is 5.91 Å². The lowest BCUT2D eigenvalue weighted by Crippen LogP contribution is -2.46. The van der Waals surface area contributed by atoms with E-state index >= 15 is 0 Å². The summed E-state index contributed by atoms with van der Waals surface area (Å²) in [7, 11) is 0. The Kier molecular flexibility index (Phi) is 5.02. The van der Waals surface area contributed by atoms with Gasteiger partial charge in [-0.15, -0.1) is 0 Å². The molecule has 0 saturated carbocycles. The SMILES string of the molecule is CSCc1cccc(C(=O)NC(C)(C)CO)c1. The third kappa shape index (κ3) is 4.40. The van der Waals surface area contributed by atoms with Crippen molar-refractivity contribution in [2.24, 2.45) is 0 Å². The van der Waals surface area contributed by atoms with E-state index in [1.54, 1.807) is 31.7 Å². The molecule has 3 nitrogen and oxygen atoms in total. The number of benzene rings is 1. The number of hydrogen-bond acceptors (Lipinski definition) is 3. The van der Waals surface area contributed by atoms with Crippen molar-refractivity contribution in [2.75, 3.05) is 12.9 Å². The lowest BCUT2D eigenvalue weighted by Gasteiger charge is -2.23. The van der Waals surface area contributed by atoms with Gasteiger partial charge in [-0.2, -0.15) is 11.8 Å². The van der Waals surface area contributed by atoms with Crippen LogP contribution in [0.5, 0.6) is 0 Å². The average molecular weight is 253 g/mol. The third-order valence-corrected chi connectivity index (χ3v) is 2.97. The smallest absolute Gasteiger partial charge is 0.251 e. The molecule has 0 saturated heterocycles. The van der Waals surface area contributed by atoms with Crippen LogP contribution in [-0.2, 0) is 5.75 Å². The summed E-state index contributed by atoms with van der Waals surface area (Å²) < 4.78 is 0. The first-order valence-corrected chi connectivity index (χ1v) is 6.89. The van der Waals surface area contributed by atoms with E-state index in [1.165, 1.54) is 0 Å². The van der Waals surface area contributed by atoms with Crippen molar-refractivity contribution in [2.45, 2.75) is 25.1 Å². The van der Waals surface area contributed by atoms with Crippen molar-refractivity contribution in [3.8, 4) is 0 Å². The average Bonchev–Trinajstić information content (AvgIpc) is 2.29. The number of aliphatic hydroxyl groups excluding tert-OH is 1. The monoisotopic (exact) mass is 253 g/mol. The maximum Gasteiger partial charge on any atom is 0.251 e. The van der Waals surface area contributed by atoms with Gasteiger partial charge < -0.3 is 10.4 Å². The van der Waals surface area contributed by atoms with Gasteiger partial charge in [-0.25, -0.2) is 0 Å². The zero-order chi connectivity index (χ0) is 12.9. The first-order valence-electron chi connectivity index (χ1n) is 5.50. The molecule has 0 unspecified atom stereocenters. The zero-order valence-electron chi connectivity index (χ0n) is 10.5. The zero-order valence-corrected chi connectivity index (χ0v) is 11.3. The van der Waals surface area contributed by atoms with Gasteiger partial charge in [0.1, 0.15) is 0 Å². The number of thioether (sulfide) groups is 1. The summed E-state index contributed by atoms with van der Waals surface area (Å²) in [5.41, 5.74) is 1.18. The molecule has 0 spiro atoms. The van der Waals surface area contributed by atoms with Gasteiger partial charge in [0.2, 0.25) is 0 Å². The van der Waals surface area contributed by atoms with Crippen LogP contribution in [0.25, 0.3) is 0 Å². The van der Waals surface area contributed by atoms with Crippen LogP contribution in [0.2, 0.25) is 0 Å². The number of rotatable bonds is 5. The van der Waals surface area contributed by atoms with Crippen LogP contribution in [0.3, 0.4) is 0 Å².